The van der Waals surface area contributed by atoms with Crippen LogP contribution in [0, 0.1) is 0 Å². The molecule has 2 amide bonds. The molecule has 1 aromatic carbocycles. The maximum atomic E-state index is 10.7. The number of ether oxygens (including phenoxy) is 1. The van der Waals surface area contributed by atoms with Gasteiger partial charge in [-0.05, 0) is 17.7 Å². The first-order chi connectivity index (χ1) is 7.63. The number of carbonyl (C=O) groups excluding carboxylic acids is 2. The van der Waals surface area contributed by atoms with Gasteiger partial charge in [0, 0.05) is 0 Å². The van der Waals surface area contributed by atoms with Gasteiger partial charge in [-0.2, -0.15) is 5.10 Å². The Morgan fingerprint density at radius 3 is 2.88 bits per heavy atom. The van der Waals surface area contributed by atoms with E-state index >= 15 is 0 Å². The third-order valence-electron chi connectivity index (χ3n) is 1.70. The van der Waals surface area contributed by atoms with E-state index in [-0.39, 0.29) is 0 Å². The van der Waals surface area contributed by atoms with Crippen molar-refractivity contribution in [2.45, 2.75) is 0 Å². The maximum Gasteiger partial charge on any atom is 0.329 e. The molecule has 1 rings (SSSR count). The number of nitrogens with one attached hydrogen (secondary N) is 1. The number of amides is 2. The molecule has 6 nitrogen and oxygen atoms in total. The van der Waals surface area contributed by atoms with Gasteiger partial charge in [0.25, 0.3) is 0 Å². The lowest BCUT2D eigenvalue weighted by atomic mass is 10.2. The number of hydrazone groups is 1. The predicted octanol–water partition coefficient (Wildman–Crippen LogP) is -0.369. The summed E-state index contributed by atoms with van der Waals surface area (Å²) in [7, 11) is 1.55. The summed E-state index contributed by atoms with van der Waals surface area (Å²) in [6, 6.07) is 7.04. The second-order valence-corrected chi connectivity index (χ2v) is 2.84. The lowest BCUT2D eigenvalue weighted by Crippen LogP contribution is -2.32. The van der Waals surface area contributed by atoms with Gasteiger partial charge in [-0.1, -0.05) is 12.1 Å². The van der Waals surface area contributed by atoms with Gasteiger partial charge in [0.05, 0.1) is 13.3 Å². The summed E-state index contributed by atoms with van der Waals surface area (Å²) in [5, 5.41) is 3.56. The Morgan fingerprint density at radius 1 is 1.50 bits per heavy atom. The molecule has 0 saturated carbocycles. The van der Waals surface area contributed by atoms with Crippen molar-refractivity contribution in [3.8, 4) is 5.75 Å². The molecule has 0 spiro atoms. The third-order valence-corrected chi connectivity index (χ3v) is 1.70. The van der Waals surface area contributed by atoms with E-state index in [4.69, 9.17) is 10.5 Å². The van der Waals surface area contributed by atoms with Crippen molar-refractivity contribution in [1.82, 2.24) is 5.43 Å². The molecule has 16 heavy (non-hydrogen) atoms. The fraction of sp³-hybridized carbons (Fsp3) is 0.100. The first kappa shape index (κ1) is 11.7. The monoisotopic (exact) mass is 221 g/mol. The van der Waals surface area contributed by atoms with Crippen LogP contribution in [0.5, 0.6) is 5.75 Å². The minimum atomic E-state index is -1.08. The fourth-order valence-corrected chi connectivity index (χ4v) is 0.942. The highest BCUT2D eigenvalue weighted by molar-refractivity contribution is 6.34. The number of nitrogens with two attached hydrogens (primary N) is 1. The second kappa shape index (κ2) is 5.50. The lowest BCUT2D eigenvalue weighted by molar-refractivity contribution is -0.137. The van der Waals surface area contributed by atoms with Crippen molar-refractivity contribution in [2.75, 3.05) is 7.11 Å². The highest BCUT2D eigenvalue weighted by Crippen LogP contribution is 2.10. The van der Waals surface area contributed by atoms with Crippen LogP contribution < -0.4 is 15.9 Å². The van der Waals surface area contributed by atoms with E-state index in [1.165, 1.54) is 6.21 Å². The number of benzene rings is 1. The van der Waals surface area contributed by atoms with E-state index in [0.29, 0.717) is 5.75 Å². The molecular weight excluding hydrogens is 210 g/mol. The zero-order valence-corrected chi connectivity index (χ0v) is 8.64. The van der Waals surface area contributed by atoms with Gasteiger partial charge in [-0.25, -0.2) is 5.43 Å². The van der Waals surface area contributed by atoms with E-state index in [1.54, 1.807) is 31.4 Å². The average molecular weight is 221 g/mol. The van der Waals surface area contributed by atoms with Crippen molar-refractivity contribution >= 4 is 18.0 Å². The first-order valence-corrected chi connectivity index (χ1v) is 4.40. The molecular formula is C10H11N3O3. The molecule has 84 valence electrons. The highest BCUT2D eigenvalue weighted by atomic mass is 16.5. The van der Waals surface area contributed by atoms with Crippen LogP contribution in [0.2, 0.25) is 0 Å². The summed E-state index contributed by atoms with van der Waals surface area (Å²) in [4.78, 5) is 21.1. The minimum Gasteiger partial charge on any atom is -0.497 e. The molecule has 0 aliphatic rings. The SMILES string of the molecule is COc1cccc(/C=N/NC(=O)C(N)=O)c1. The van der Waals surface area contributed by atoms with Crippen LogP contribution in [0.1, 0.15) is 5.56 Å². The Morgan fingerprint density at radius 2 is 2.25 bits per heavy atom. The highest BCUT2D eigenvalue weighted by Gasteiger charge is 2.05. The summed E-state index contributed by atoms with van der Waals surface area (Å²) in [5.74, 6) is -1.37. The first-order valence-electron chi connectivity index (χ1n) is 4.40. The molecule has 0 fully saturated rings. The third kappa shape index (κ3) is 3.41. The second-order valence-electron chi connectivity index (χ2n) is 2.84. The van der Waals surface area contributed by atoms with Crippen LogP contribution in [-0.4, -0.2) is 25.1 Å². The van der Waals surface area contributed by atoms with Crippen molar-refractivity contribution in [1.29, 1.82) is 0 Å². The van der Waals surface area contributed by atoms with Crippen LogP contribution in [0.3, 0.4) is 0 Å². The number of nitrogens with zero attached hydrogens (tertiary/aromatic N) is 1. The van der Waals surface area contributed by atoms with Crippen LogP contribution in [0.25, 0.3) is 0 Å². The largest absolute Gasteiger partial charge is 0.497 e. The van der Waals surface area contributed by atoms with Gasteiger partial charge in [0.1, 0.15) is 5.75 Å². The maximum absolute atomic E-state index is 10.7. The molecule has 1 aromatic rings. The molecule has 6 heteroatoms. The molecule has 0 unspecified atom stereocenters. The number of hydrogen-bond acceptors (Lipinski definition) is 4. The Kier molecular flexibility index (Phi) is 4.02. The van der Waals surface area contributed by atoms with Crippen molar-refractivity contribution < 1.29 is 14.3 Å². The zero-order chi connectivity index (χ0) is 12.0. The van der Waals surface area contributed by atoms with E-state index in [2.05, 4.69) is 5.10 Å². The summed E-state index contributed by atoms with van der Waals surface area (Å²) < 4.78 is 5.00. The van der Waals surface area contributed by atoms with Crippen molar-refractivity contribution in [3.63, 3.8) is 0 Å². The number of methoxy groups -OCH3 is 1. The quantitative estimate of drug-likeness (QED) is 0.414. The normalized spacial score (nSPS) is 10.1. The van der Waals surface area contributed by atoms with Crippen molar-refractivity contribution in [2.24, 2.45) is 10.8 Å². The number of hydrogen-bond donors (Lipinski definition) is 2. The van der Waals surface area contributed by atoms with Gasteiger partial charge in [0.15, 0.2) is 0 Å². The van der Waals surface area contributed by atoms with Gasteiger partial charge in [-0.3, -0.25) is 9.59 Å². The Hall–Kier alpha value is -2.37. The molecule has 0 radical (unpaired) electrons. The minimum absolute atomic E-state index is 0.671. The lowest BCUT2D eigenvalue weighted by Gasteiger charge is -1.99. The Labute approximate surface area is 92.1 Å². The van der Waals surface area contributed by atoms with E-state index in [0.717, 1.165) is 5.56 Å². The number of primary amides is 1. The molecule has 0 heterocycles. The van der Waals surface area contributed by atoms with Gasteiger partial charge >= 0.3 is 11.8 Å². The number of carbonyl (C=O) groups is 2. The molecule has 0 bridgehead atoms. The molecule has 0 aliphatic carbocycles. The molecule has 0 aliphatic heterocycles. The van der Waals surface area contributed by atoms with Crippen LogP contribution in [-0.2, 0) is 9.59 Å². The van der Waals surface area contributed by atoms with E-state index < -0.39 is 11.8 Å². The molecule has 0 aromatic heterocycles. The fourth-order valence-electron chi connectivity index (χ4n) is 0.942. The summed E-state index contributed by atoms with van der Waals surface area (Å²) in [6.07, 6.45) is 1.38. The van der Waals surface area contributed by atoms with Crippen LogP contribution in [0.4, 0.5) is 0 Å². The van der Waals surface area contributed by atoms with Gasteiger partial charge in [0.2, 0.25) is 0 Å². The predicted molar refractivity (Wildman–Crippen MR) is 57.9 cm³/mol. The zero-order valence-electron chi connectivity index (χ0n) is 8.64. The smallest absolute Gasteiger partial charge is 0.329 e. The van der Waals surface area contributed by atoms with Crippen molar-refractivity contribution in [3.05, 3.63) is 29.8 Å². The summed E-state index contributed by atoms with van der Waals surface area (Å²) >= 11 is 0. The summed E-state index contributed by atoms with van der Waals surface area (Å²) in [6.45, 7) is 0. The molecule has 0 saturated heterocycles. The Bertz CT molecular complexity index is 429. The standard InChI is InChI=1S/C10H11N3O3/c1-16-8-4-2-3-7(5-8)6-12-13-10(15)9(11)14/h2-6H,1H3,(H2,11,14)(H,13,15)/b12-6+. The average Bonchev–Trinajstić information content (AvgIpc) is 2.29. The number of rotatable bonds is 3. The molecule has 0 atom stereocenters. The Balaban J connectivity index is 2.62. The van der Waals surface area contributed by atoms with Crippen LogP contribution >= 0.6 is 0 Å². The summed E-state index contributed by atoms with van der Waals surface area (Å²) in [5.41, 5.74) is 7.43. The van der Waals surface area contributed by atoms with E-state index in [9.17, 15) is 9.59 Å². The van der Waals surface area contributed by atoms with Gasteiger partial charge in [-0.15, -0.1) is 0 Å². The topological polar surface area (TPSA) is 93.8 Å². The van der Waals surface area contributed by atoms with E-state index in [1.807, 2.05) is 5.43 Å². The molecule has 3 N–H and O–H groups in total. The van der Waals surface area contributed by atoms with Crippen LogP contribution in [0.15, 0.2) is 29.4 Å². The van der Waals surface area contributed by atoms with Gasteiger partial charge < -0.3 is 10.5 Å².